The number of ketones is 1. The Bertz CT molecular complexity index is 991. The van der Waals surface area contributed by atoms with Gasteiger partial charge in [0.05, 0.1) is 18.4 Å². The molecule has 2 aromatic heterocycles. The predicted molar refractivity (Wildman–Crippen MR) is 100 cm³/mol. The van der Waals surface area contributed by atoms with E-state index in [1.807, 2.05) is 36.6 Å². The molecule has 0 N–H and O–H groups in total. The molecular formula is C18H19N5O3S. The van der Waals surface area contributed by atoms with Gasteiger partial charge >= 0.3 is 5.97 Å². The van der Waals surface area contributed by atoms with Gasteiger partial charge in [-0.3, -0.25) is 4.79 Å². The molecule has 27 heavy (non-hydrogen) atoms. The Morgan fingerprint density at radius 3 is 2.48 bits per heavy atom. The minimum atomic E-state index is -0.381. The van der Waals surface area contributed by atoms with Crippen LogP contribution in [-0.4, -0.2) is 49.4 Å². The Kier molecular flexibility index (Phi) is 5.41. The normalized spacial score (nSPS) is 10.8. The molecule has 8 nitrogen and oxygen atoms in total. The molecule has 9 heteroatoms. The molecule has 0 saturated carbocycles. The quantitative estimate of drug-likeness (QED) is 0.365. The average molecular weight is 385 g/mol. The number of methoxy groups -OCH3 is 1. The van der Waals surface area contributed by atoms with Crippen LogP contribution in [0.2, 0.25) is 0 Å². The van der Waals surface area contributed by atoms with Gasteiger partial charge in [-0.15, -0.1) is 5.10 Å². The standard InChI is InChI=1S/C18H19N5O3S/c1-11-9-15(16(24)10-27-18-19-20-21-22(18)3)12(2)23(11)14-7-5-13(6-8-14)17(25)26-4/h5-9H,10H2,1-4H3. The number of benzene rings is 1. The van der Waals surface area contributed by atoms with Crippen LogP contribution in [0.5, 0.6) is 0 Å². The van der Waals surface area contributed by atoms with E-state index >= 15 is 0 Å². The first kappa shape index (κ1) is 18.8. The number of thioether (sulfide) groups is 1. The molecule has 0 unspecified atom stereocenters. The first-order valence-corrected chi connectivity index (χ1v) is 9.17. The highest BCUT2D eigenvalue weighted by atomic mass is 32.2. The Morgan fingerprint density at radius 2 is 1.89 bits per heavy atom. The van der Waals surface area contributed by atoms with Crippen molar-refractivity contribution in [3.63, 3.8) is 0 Å². The fourth-order valence-corrected chi connectivity index (χ4v) is 3.59. The first-order chi connectivity index (χ1) is 12.9. The third kappa shape index (κ3) is 3.77. The molecule has 0 aliphatic heterocycles. The Labute approximate surface area is 160 Å². The zero-order valence-corrected chi connectivity index (χ0v) is 16.3. The summed E-state index contributed by atoms with van der Waals surface area (Å²) in [4.78, 5) is 24.3. The van der Waals surface area contributed by atoms with Crippen LogP contribution in [0.25, 0.3) is 5.69 Å². The smallest absolute Gasteiger partial charge is 0.337 e. The molecule has 0 bridgehead atoms. The monoisotopic (exact) mass is 385 g/mol. The average Bonchev–Trinajstić information content (AvgIpc) is 3.21. The van der Waals surface area contributed by atoms with Crippen molar-refractivity contribution >= 4 is 23.5 Å². The maximum absolute atomic E-state index is 12.7. The number of esters is 1. The summed E-state index contributed by atoms with van der Waals surface area (Å²) in [5.41, 5.74) is 3.80. The number of carbonyl (C=O) groups is 2. The van der Waals surface area contributed by atoms with Crippen LogP contribution < -0.4 is 0 Å². The van der Waals surface area contributed by atoms with E-state index in [-0.39, 0.29) is 17.5 Å². The zero-order chi connectivity index (χ0) is 19.6. The molecule has 0 aliphatic carbocycles. The lowest BCUT2D eigenvalue weighted by molar-refractivity contribution is 0.0600. The van der Waals surface area contributed by atoms with Crippen molar-refractivity contribution in [1.29, 1.82) is 0 Å². The molecule has 0 saturated heterocycles. The van der Waals surface area contributed by atoms with Crippen molar-refractivity contribution < 1.29 is 14.3 Å². The van der Waals surface area contributed by atoms with Crippen LogP contribution in [0.4, 0.5) is 0 Å². The second kappa shape index (κ2) is 7.75. The van der Waals surface area contributed by atoms with Crippen LogP contribution in [0.15, 0.2) is 35.5 Å². The fourth-order valence-electron chi connectivity index (χ4n) is 2.86. The maximum Gasteiger partial charge on any atom is 0.337 e. The molecule has 0 atom stereocenters. The molecule has 0 fully saturated rings. The number of Topliss-reactive ketones (excluding diaryl/α,β-unsaturated/α-hetero) is 1. The summed E-state index contributed by atoms with van der Waals surface area (Å²) in [5.74, 6) is -0.123. The van der Waals surface area contributed by atoms with Gasteiger partial charge in [0, 0.05) is 29.7 Å². The third-order valence-corrected chi connectivity index (χ3v) is 5.20. The zero-order valence-electron chi connectivity index (χ0n) is 15.5. The maximum atomic E-state index is 12.7. The number of tetrazole rings is 1. The molecule has 0 spiro atoms. The Hall–Kier alpha value is -2.94. The summed E-state index contributed by atoms with van der Waals surface area (Å²) >= 11 is 1.30. The lowest BCUT2D eigenvalue weighted by Crippen LogP contribution is -2.07. The highest BCUT2D eigenvalue weighted by Gasteiger charge is 2.18. The largest absolute Gasteiger partial charge is 0.465 e. The number of hydrogen-bond acceptors (Lipinski definition) is 7. The lowest BCUT2D eigenvalue weighted by atomic mass is 10.2. The first-order valence-electron chi connectivity index (χ1n) is 8.18. The third-order valence-electron chi connectivity index (χ3n) is 4.19. The molecule has 3 rings (SSSR count). The predicted octanol–water partition coefficient (Wildman–Crippen LogP) is 2.38. The van der Waals surface area contributed by atoms with E-state index in [1.165, 1.54) is 23.6 Å². The van der Waals surface area contributed by atoms with Gasteiger partial charge in [-0.2, -0.15) is 0 Å². The molecule has 1 aromatic carbocycles. The summed E-state index contributed by atoms with van der Waals surface area (Å²) in [6.07, 6.45) is 0. The molecule has 140 valence electrons. The minimum Gasteiger partial charge on any atom is -0.465 e. The number of carbonyl (C=O) groups excluding carboxylic acids is 2. The van der Waals surface area contributed by atoms with E-state index in [2.05, 4.69) is 15.5 Å². The second-order valence-corrected chi connectivity index (χ2v) is 6.90. The Morgan fingerprint density at radius 1 is 1.19 bits per heavy atom. The molecule has 0 aliphatic rings. The Balaban J connectivity index is 1.82. The van der Waals surface area contributed by atoms with Crippen LogP contribution in [0.3, 0.4) is 0 Å². The molecule has 3 aromatic rings. The van der Waals surface area contributed by atoms with Crippen LogP contribution in [-0.2, 0) is 11.8 Å². The number of ether oxygens (including phenoxy) is 1. The minimum absolute atomic E-state index is 0.00790. The van der Waals surface area contributed by atoms with Crippen molar-refractivity contribution in [2.24, 2.45) is 7.05 Å². The summed E-state index contributed by atoms with van der Waals surface area (Å²) in [5, 5.41) is 11.8. The van der Waals surface area contributed by atoms with Gasteiger partial charge in [0.1, 0.15) is 0 Å². The van der Waals surface area contributed by atoms with E-state index in [0.717, 1.165) is 17.1 Å². The topological polar surface area (TPSA) is 91.9 Å². The van der Waals surface area contributed by atoms with E-state index in [0.29, 0.717) is 16.3 Å². The molecule has 0 amide bonds. The number of hydrogen-bond donors (Lipinski definition) is 0. The lowest BCUT2D eigenvalue weighted by Gasteiger charge is -2.10. The summed E-state index contributed by atoms with van der Waals surface area (Å²) in [6.45, 7) is 3.85. The summed E-state index contributed by atoms with van der Waals surface area (Å²) in [7, 11) is 3.08. The molecule has 0 radical (unpaired) electrons. The highest BCUT2D eigenvalue weighted by molar-refractivity contribution is 7.99. The van der Waals surface area contributed by atoms with Gasteiger partial charge in [-0.1, -0.05) is 11.8 Å². The molecular weight excluding hydrogens is 366 g/mol. The van der Waals surface area contributed by atoms with Crippen molar-refractivity contribution in [3.8, 4) is 5.69 Å². The van der Waals surface area contributed by atoms with Crippen LogP contribution in [0.1, 0.15) is 32.1 Å². The van der Waals surface area contributed by atoms with Gasteiger partial charge in [-0.05, 0) is 54.6 Å². The van der Waals surface area contributed by atoms with E-state index in [1.54, 1.807) is 19.2 Å². The number of nitrogens with zero attached hydrogens (tertiary/aromatic N) is 5. The van der Waals surface area contributed by atoms with Gasteiger partial charge in [0.25, 0.3) is 0 Å². The van der Waals surface area contributed by atoms with Gasteiger partial charge < -0.3 is 9.30 Å². The highest BCUT2D eigenvalue weighted by Crippen LogP contribution is 2.24. The number of rotatable bonds is 6. The van der Waals surface area contributed by atoms with Crippen molar-refractivity contribution in [2.75, 3.05) is 12.9 Å². The van der Waals surface area contributed by atoms with Crippen molar-refractivity contribution in [1.82, 2.24) is 24.8 Å². The van der Waals surface area contributed by atoms with Crippen molar-refractivity contribution in [2.45, 2.75) is 19.0 Å². The van der Waals surface area contributed by atoms with E-state index < -0.39 is 0 Å². The van der Waals surface area contributed by atoms with Crippen molar-refractivity contribution in [3.05, 3.63) is 52.8 Å². The summed E-state index contributed by atoms with van der Waals surface area (Å²) in [6, 6.07) is 8.96. The van der Waals surface area contributed by atoms with Crippen LogP contribution >= 0.6 is 11.8 Å². The van der Waals surface area contributed by atoms with Gasteiger partial charge in [0.15, 0.2) is 5.78 Å². The number of aromatic nitrogens is 5. The summed E-state index contributed by atoms with van der Waals surface area (Å²) < 4.78 is 8.24. The van der Waals surface area contributed by atoms with Gasteiger partial charge in [0.2, 0.25) is 5.16 Å². The van der Waals surface area contributed by atoms with Gasteiger partial charge in [-0.25, -0.2) is 9.48 Å². The van der Waals surface area contributed by atoms with Crippen LogP contribution in [0, 0.1) is 13.8 Å². The SMILES string of the molecule is COC(=O)c1ccc(-n2c(C)cc(C(=O)CSc3nnnn3C)c2C)cc1. The number of aryl methyl sites for hydroxylation is 2. The fraction of sp³-hybridized carbons (Fsp3) is 0.278. The molecule has 2 heterocycles. The van der Waals surface area contributed by atoms with E-state index in [4.69, 9.17) is 4.74 Å². The van der Waals surface area contributed by atoms with E-state index in [9.17, 15) is 9.59 Å². The second-order valence-electron chi connectivity index (χ2n) is 5.96.